The van der Waals surface area contributed by atoms with Crippen molar-refractivity contribution in [1.29, 1.82) is 0 Å². The minimum atomic E-state index is -0.100. The molecule has 20 heavy (non-hydrogen) atoms. The van der Waals surface area contributed by atoms with Crippen molar-refractivity contribution in [2.24, 2.45) is 0 Å². The van der Waals surface area contributed by atoms with Gasteiger partial charge in [0.25, 0.3) is 5.91 Å². The summed E-state index contributed by atoms with van der Waals surface area (Å²) in [6.45, 7) is 3.18. The van der Waals surface area contributed by atoms with Gasteiger partial charge in [0.2, 0.25) is 0 Å². The highest BCUT2D eigenvalue weighted by molar-refractivity contribution is 6.00. The fraction of sp³-hybridized carbons (Fsp3) is 0.286. The molecule has 1 heterocycles. The van der Waals surface area contributed by atoms with Crippen LogP contribution in [0, 0.1) is 0 Å². The van der Waals surface area contributed by atoms with Crippen LogP contribution in [0.15, 0.2) is 30.7 Å². The average molecular weight is 273 g/mol. The Labute approximate surface area is 117 Å². The van der Waals surface area contributed by atoms with Crippen molar-refractivity contribution in [3.63, 3.8) is 0 Å². The van der Waals surface area contributed by atoms with Gasteiger partial charge in [-0.05, 0) is 25.1 Å². The smallest absolute Gasteiger partial charge is 0.253 e. The predicted molar refractivity (Wildman–Crippen MR) is 79.6 cm³/mol. The van der Waals surface area contributed by atoms with E-state index in [1.54, 1.807) is 30.7 Å². The summed E-state index contributed by atoms with van der Waals surface area (Å²) in [5.74, 6) is -0.100. The molecule has 0 spiro atoms. The first-order valence-electron chi connectivity index (χ1n) is 6.59. The Balaban J connectivity index is 2.05. The predicted octanol–water partition coefficient (Wildman–Crippen LogP) is 1.40. The number of nitrogens with zero attached hydrogens (tertiary/aromatic N) is 1. The number of anilines is 2. The molecule has 0 atom stereocenters. The van der Waals surface area contributed by atoms with E-state index < -0.39 is 0 Å². The van der Waals surface area contributed by atoms with Crippen molar-refractivity contribution in [3.05, 3.63) is 42.0 Å². The number of carbonyl (C=O) groups excluding carboxylic acids is 1. The van der Waals surface area contributed by atoms with Gasteiger partial charge in [-0.15, -0.1) is 0 Å². The molecular weight excluding hydrogens is 254 g/mol. The lowest BCUT2D eigenvalue weighted by Crippen LogP contribution is -2.24. The highest BCUT2D eigenvalue weighted by atomic mass is 16.1. The van der Waals surface area contributed by atoms with E-state index in [0.717, 1.165) is 17.8 Å². The van der Waals surface area contributed by atoms with Crippen molar-refractivity contribution in [2.75, 3.05) is 24.1 Å². The molecule has 2 aromatic rings. The normalized spacial score (nSPS) is 10.2. The summed E-state index contributed by atoms with van der Waals surface area (Å²) in [5.41, 5.74) is 8.80. The monoisotopic (exact) mass is 273 g/mol. The second-order valence-electron chi connectivity index (χ2n) is 4.42. The molecule has 6 nitrogen and oxygen atoms in total. The average Bonchev–Trinajstić information content (AvgIpc) is 2.92. The Morgan fingerprint density at radius 2 is 2.30 bits per heavy atom. The molecule has 5 N–H and O–H groups in total. The molecule has 0 aliphatic heterocycles. The number of hydrogen-bond acceptors (Lipinski definition) is 4. The SMILES string of the molecule is CCNC(=O)c1ccc(N)cc1NCCc1cnc[nH]1. The molecule has 1 amide bonds. The summed E-state index contributed by atoms with van der Waals surface area (Å²) in [5, 5.41) is 6.03. The van der Waals surface area contributed by atoms with Gasteiger partial charge >= 0.3 is 0 Å². The summed E-state index contributed by atoms with van der Waals surface area (Å²) in [7, 11) is 0. The van der Waals surface area contributed by atoms with Crippen LogP contribution in [0.3, 0.4) is 0 Å². The van der Waals surface area contributed by atoms with Crippen molar-refractivity contribution in [2.45, 2.75) is 13.3 Å². The quantitative estimate of drug-likeness (QED) is 0.598. The number of nitrogens with two attached hydrogens (primary N) is 1. The van der Waals surface area contributed by atoms with Crippen molar-refractivity contribution >= 4 is 17.3 Å². The van der Waals surface area contributed by atoms with E-state index in [2.05, 4.69) is 20.6 Å². The van der Waals surface area contributed by atoms with Gasteiger partial charge in [0, 0.05) is 42.8 Å². The number of aromatic amines is 1. The van der Waals surface area contributed by atoms with Gasteiger partial charge in [0.1, 0.15) is 0 Å². The minimum absolute atomic E-state index is 0.100. The van der Waals surface area contributed by atoms with Gasteiger partial charge in [-0.1, -0.05) is 0 Å². The molecule has 106 valence electrons. The molecule has 0 saturated heterocycles. The molecular formula is C14H19N5O. The van der Waals surface area contributed by atoms with Crippen LogP contribution < -0.4 is 16.4 Å². The Hall–Kier alpha value is -2.50. The molecule has 0 unspecified atom stereocenters. The maximum Gasteiger partial charge on any atom is 0.253 e. The number of H-pyrrole nitrogens is 1. The number of amides is 1. The highest BCUT2D eigenvalue weighted by Crippen LogP contribution is 2.19. The first-order valence-corrected chi connectivity index (χ1v) is 6.59. The third kappa shape index (κ3) is 3.50. The number of imidazole rings is 1. The van der Waals surface area contributed by atoms with Crippen molar-refractivity contribution < 1.29 is 4.79 Å². The second kappa shape index (κ2) is 6.60. The van der Waals surface area contributed by atoms with E-state index in [0.29, 0.717) is 24.3 Å². The zero-order valence-corrected chi connectivity index (χ0v) is 11.4. The van der Waals surface area contributed by atoms with Crippen LogP contribution in [0.4, 0.5) is 11.4 Å². The van der Waals surface area contributed by atoms with E-state index in [1.165, 1.54) is 0 Å². The van der Waals surface area contributed by atoms with Crippen molar-refractivity contribution in [1.82, 2.24) is 15.3 Å². The standard InChI is InChI=1S/C14H19N5O/c1-2-17-14(20)12-4-3-10(15)7-13(12)18-6-5-11-8-16-9-19-11/h3-4,7-9,18H,2,5-6,15H2,1H3,(H,16,19)(H,17,20). The molecule has 0 aliphatic rings. The summed E-state index contributed by atoms with van der Waals surface area (Å²) in [6.07, 6.45) is 4.23. The molecule has 1 aromatic carbocycles. The summed E-state index contributed by atoms with van der Waals surface area (Å²) < 4.78 is 0. The second-order valence-corrected chi connectivity index (χ2v) is 4.42. The number of carbonyl (C=O) groups is 1. The van der Waals surface area contributed by atoms with Crippen LogP contribution in [-0.4, -0.2) is 29.0 Å². The fourth-order valence-electron chi connectivity index (χ4n) is 1.92. The maximum atomic E-state index is 12.0. The van der Waals surface area contributed by atoms with Crippen LogP contribution in [0.5, 0.6) is 0 Å². The first-order chi connectivity index (χ1) is 9.70. The Morgan fingerprint density at radius 3 is 3.00 bits per heavy atom. The topological polar surface area (TPSA) is 95.8 Å². The lowest BCUT2D eigenvalue weighted by Gasteiger charge is -2.12. The van der Waals surface area contributed by atoms with Gasteiger partial charge in [-0.3, -0.25) is 4.79 Å². The molecule has 2 rings (SSSR count). The number of rotatable bonds is 6. The first kappa shape index (κ1) is 13.9. The van der Waals surface area contributed by atoms with Gasteiger partial charge < -0.3 is 21.4 Å². The van der Waals surface area contributed by atoms with E-state index in [1.807, 2.05) is 6.92 Å². The summed E-state index contributed by atoms with van der Waals surface area (Å²) in [4.78, 5) is 19.0. The van der Waals surface area contributed by atoms with Crippen LogP contribution in [0.1, 0.15) is 23.0 Å². The van der Waals surface area contributed by atoms with Gasteiger partial charge in [0.05, 0.1) is 11.9 Å². The minimum Gasteiger partial charge on any atom is -0.399 e. The molecule has 0 radical (unpaired) electrons. The van der Waals surface area contributed by atoms with Gasteiger partial charge in [-0.25, -0.2) is 4.98 Å². The van der Waals surface area contributed by atoms with Crippen LogP contribution in [-0.2, 0) is 6.42 Å². The molecule has 1 aromatic heterocycles. The Morgan fingerprint density at radius 1 is 1.45 bits per heavy atom. The van der Waals surface area contributed by atoms with E-state index >= 15 is 0 Å². The maximum absolute atomic E-state index is 12.0. The largest absolute Gasteiger partial charge is 0.399 e. The number of benzene rings is 1. The zero-order chi connectivity index (χ0) is 14.4. The molecule has 0 fully saturated rings. The lowest BCUT2D eigenvalue weighted by molar-refractivity contribution is 0.0956. The Bertz CT molecular complexity index is 565. The summed E-state index contributed by atoms with van der Waals surface area (Å²) in [6, 6.07) is 5.24. The third-order valence-corrected chi connectivity index (χ3v) is 2.89. The van der Waals surface area contributed by atoms with Crippen LogP contribution in [0.25, 0.3) is 0 Å². The van der Waals surface area contributed by atoms with E-state index in [-0.39, 0.29) is 5.91 Å². The van der Waals surface area contributed by atoms with Crippen LogP contribution in [0.2, 0.25) is 0 Å². The fourth-order valence-corrected chi connectivity index (χ4v) is 1.92. The van der Waals surface area contributed by atoms with Gasteiger partial charge in [-0.2, -0.15) is 0 Å². The zero-order valence-electron chi connectivity index (χ0n) is 11.4. The lowest BCUT2D eigenvalue weighted by atomic mass is 10.1. The summed E-state index contributed by atoms with van der Waals surface area (Å²) >= 11 is 0. The molecule has 6 heteroatoms. The van der Waals surface area contributed by atoms with E-state index in [4.69, 9.17) is 5.73 Å². The highest BCUT2D eigenvalue weighted by Gasteiger charge is 2.10. The molecule has 0 bridgehead atoms. The molecule has 0 aliphatic carbocycles. The van der Waals surface area contributed by atoms with Gasteiger partial charge in [0.15, 0.2) is 0 Å². The van der Waals surface area contributed by atoms with Crippen LogP contribution >= 0.6 is 0 Å². The van der Waals surface area contributed by atoms with Crippen molar-refractivity contribution in [3.8, 4) is 0 Å². The Kier molecular flexibility index (Phi) is 4.60. The van der Waals surface area contributed by atoms with E-state index in [9.17, 15) is 4.79 Å². The number of aromatic nitrogens is 2. The number of nitrogens with one attached hydrogen (secondary N) is 3. The third-order valence-electron chi connectivity index (χ3n) is 2.89. The number of nitrogen functional groups attached to an aromatic ring is 1. The number of hydrogen-bond donors (Lipinski definition) is 4. The molecule has 0 saturated carbocycles.